The second kappa shape index (κ2) is 8.79. The van der Waals surface area contributed by atoms with Gasteiger partial charge in [-0.05, 0) is 36.6 Å². The second-order valence-electron chi connectivity index (χ2n) is 6.08. The van der Waals surface area contributed by atoms with Gasteiger partial charge in [-0.3, -0.25) is 19.7 Å². The van der Waals surface area contributed by atoms with Crippen molar-refractivity contribution in [2.75, 3.05) is 13.7 Å². The Bertz CT molecular complexity index is 865. The summed E-state index contributed by atoms with van der Waals surface area (Å²) in [5.41, 5.74) is 1.21. The van der Waals surface area contributed by atoms with Gasteiger partial charge in [0.2, 0.25) is 0 Å². The Morgan fingerprint density at radius 1 is 1.26 bits per heavy atom. The third-order valence-electron chi connectivity index (χ3n) is 4.05. The van der Waals surface area contributed by atoms with E-state index in [2.05, 4.69) is 5.32 Å². The molecule has 1 atom stereocenters. The minimum absolute atomic E-state index is 0.114. The van der Waals surface area contributed by atoms with Crippen molar-refractivity contribution in [2.45, 2.75) is 13.3 Å². The van der Waals surface area contributed by atoms with Crippen LogP contribution < -0.4 is 10.1 Å². The number of benzene rings is 2. The number of amides is 1. The molecule has 27 heavy (non-hydrogen) atoms. The molecule has 2 aromatic rings. The summed E-state index contributed by atoms with van der Waals surface area (Å²) in [4.78, 5) is 34.2. The van der Waals surface area contributed by atoms with Crippen LogP contribution in [0.15, 0.2) is 42.5 Å². The Labute approximate surface area is 155 Å². The average molecular weight is 372 g/mol. The van der Waals surface area contributed by atoms with E-state index in [0.717, 1.165) is 0 Å². The smallest absolute Gasteiger partial charge is 0.308 e. The lowest BCUT2D eigenvalue weighted by molar-refractivity contribution is -0.384. The van der Waals surface area contributed by atoms with Crippen LogP contribution in [0.1, 0.15) is 21.5 Å². The number of carboxylic acid groups (broad SMARTS) is 1. The highest BCUT2D eigenvalue weighted by atomic mass is 16.6. The summed E-state index contributed by atoms with van der Waals surface area (Å²) in [5, 5.41) is 22.9. The lowest BCUT2D eigenvalue weighted by atomic mass is 9.98. The van der Waals surface area contributed by atoms with E-state index in [1.165, 1.54) is 25.3 Å². The predicted octanol–water partition coefficient (Wildman–Crippen LogP) is 2.59. The number of hydrogen-bond acceptors (Lipinski definition) is 5. The number of methoxy groups -OCH3 is 1. The van der Waals surface area contributed by atoms with E-state index >= 15 is 0 Å². The average Bonchev–Trinajstić information content (AvgIpc) is 2.64. The number of carboxylic acids is 1. The molecule has 0 aliphatic rings. The third-order valence-corrected chi connectivity index (χ3v) is 4.05. The number of non-ortho nitro benzene ring substituents is 1. The van der Waals surface area contributed by atoms with E-state index in [1.54, 1.807) is 31.2 Å². The van der Waals surface area contributed by atoms with Gasteiger partial charge in [-0.2, -0.15) is 0 Å². The number of aliphatic carboxylic acids is 1. The summed E-state index contributed by atoms with van der Waals surface area (Å²) < 4.78 is 5.23. The number of carbonyl (C=O) groups excluding carboxylic acids is 1. The summed E-state index contributed by atoms with van der Waals surface area (Å²) in [5.74, 6) is -1.92. The molecule has 0 saturated heterocycles. The normalized spacial score (nSPS) is 11.5. The minimum atomic E-state index is -1.06. The second-order valence-corrected chi connectivity index (χ2v) is 6.08. The van der Waals surface area contributed by atoms with Gasteiger partial charge in [-0.25, -0.2) is 0 Å². The fourth-order valence-corrected chi connectivity index (χ4v) is 2.70. The first kappa shape index (κ1) is 19.9. The zero-order chi connectivity index (χ0) is 20.0. The standard InChI is InChI=1S/C19H20N2O6/c1-12-7-14(10-16(8-12)21(25)26)18(22)20-11-15(19(23)24)9-13-5-3-4-6-17(13)27-2/h3-8,10,15H,9,11H2,1-2H3,(H,20,22)(H,23,24). The molecule has 8 nitrogen and oxygen atoms in total. The molecule has 0 bridgehead atoms. The number of hydrogen-bond donors (Lipinski definition) is 2. The molecular weight excluding hydrogens is 352 g/mol. The maximum absolute atomic E-state index is 12.3. The van der Waals surface area contributed by atoms with E-state index < -0.39 is 22.7 Å². The van der Waals surface area contributed by atoms with Gasteiger partial charge in [0.1, 0.15) is 5.75 Å². The van der Waals surface area contributed by atoms with Crippen LogP contribution in [0.3, 0.4) is 0 Å². The number of nitrogens with one attached hydrogen (secondary N) is 1. The van der Waals surface area contributed by atoms with Crippen LogP contribution in [-0.4, -0.2) is 35.6 Å². The Morgan fingerprint density at radius 2 is 1.96 bits per heavy atom. The first-order valence-electron chi connectivity index (χ1n) is 8.20. The van der Waals surface area contributed by atoms with Gasteiger partial charge in [0.05, 0.1) is 18.0 Å². The van der Waals surface area contributed by atoms with Crippen LogP contribution in [0.4, 0.5) is 5.69 Å². The van der Waals surface area contributed by atoms with Gasteiger partial charge in [0, 0.05) is 24.2 Å². The number of nitro benzene ring substituents is 1. The third kappa shape index (κ3) is 5.27. The van der Waals surface area contributed by atoms with Gasteiger partial charge >= 0.3 is 5.97 Å². The molecule has 142 valence electrons. The summed E-state index contributed by atoms with van der Waals surface area (Å²) in [7, 11) is 1.50. The fraction of sp³-hybridized carbons (Fsp3) is 0.263. The Morgan fingerprint density at radius 3 is 2.59 bits per heavy atom. The van der Waals surface area contributed by atoms with E-state index in [0.29, 0.717) is 16.9 Å². The molecule has 2 rings (SSSR count). The highest BCUT2D eigenvalue weighted by Gasteiger charge is 2.21. The quantitative estimate of drug-likeness (QED) is 0.543. The number of nitrogens with zero attached hydrogens (tertiary/aromatic N) is 1. The lowest BCUT2D eigenvalue weighted by Gasteiger charge is -2.15. The number of carbonyl (C=O) groups is 2. The number of para-hydroxylation sites is 1. The topological polar surface area (TPSA) is 119 Å². The van der Waals surface area contributed by atoms with Gasteiger partial charge in [0.15, 0.2) is 0 Å². The molecule has 1 amide bonds. The minimum Gasteiger partial charge on any atom is -0.496 e. The van der Waals surface area contributed by atoms with Crippen molar-refractivity contribution in [2.24, 2.45) is 5.92 Å². The van der Waals surface area contributed by atoms with Crippen LogP contribution in [0.2, 0.25) is 0 Å². The molecule has 2 N–H and O–H groups in total. The molecule has 0 saturated carbocycles. The van der Waals surface area contributed by atoms with Crippen molar-refractivity contribution in [3.8, 4) is 5.75 Å². The fourth-order valence-electron chi connectivity index (χ4n) is 2.70. The van der Waals surface area contributed by atoms with Gasteiger partial charge in [0.25, 0.3) is 11.6 Å². The van der Waals surface area contributed by atoms with Crippen LogP contribution in [0.5, 0.6) is 5.75 Å². The summed E-state index contributed by atoms with van der Waals surface area (Å²) in [6.45, 7) is 1.53. The summed E-state index contributed by atoms with van der Waals surface area (Å²) >= 11 is 0. The maximum atomic E-state index is 12.3. The molecule has 0 heterocycles. The molecule has 0 aromatic heterocycles. The molecule has 0 spiro atoms. The molecule has 8 heteroatoms. The first-order chi connectivity index (χ1) is 12.8. The van der Waals surface area contributed by atoms with Gasteiger partial charge in [-0.15, -0.1) is 0 Å². The molecule has 0 aliphatic heterocycles. The number of nitro groups is 1. The SMILES string of the molecule is COc1ccccc1CC(CNC(=O)c1cc(C)cc([N+](=O)[O-])c1)C(=O)O. The van der Waals surface area contributed by atoms with E-state index in [-0.39, 0.29) is 24.2 Å². The Kier molecular flexibility index (Phi) is 6.48. The van der Waals surface area contributed by atoms with E-state index in [1.807, 2.05) is 0 Å². The van der Waals surface area contributed by atoms with Crippen molar-refractivity contribution in [3.63, 3.8) is 0 Å². The first-order valence-corrected chi connectivity index (χ1v) is 8.20. The number of ether oxygens (including phenoxy) is 1. The monoisotopic (exact) mass is 372 g/mol. The van der Waals surface area contributed by atoms with E-state index in [4.69, 9.17) is 4.74 Å². The van der Waals surface area contributed by atoms with Crippen molar-refractivity contribution in [1.82, 2.24) is 5.32 Å². The molecule has 1 unspecified atom stereocenters. The van der Waals surface area contributed by atoms with E-state index in [9.17, 15) is 24.8 Å². The molecule has 0 radical (unpaired) electrons. The van der Waals surface area contributed by atoms with Crippen molar-refractivity contribution in [1.29, 1.82) is 0 Å². The Balaban J connectivity index is 2.11. The Hall–Kier alpha value is -3.42. The summed E-state index contributed by atoms with van der Waals surface area (Å²) in [6, 6.07) is 11.1. The predicted molar refractivity (Wildman–Crippen MR) is 98.0 cm³/mol. The zero-order valence-electron chi connectivity index (χ0n) is 15.0. The van der Waals surface area contributed by atoms with Gasteiger partial charge < -0.3 is 15.2 Å². The highest BCUT2D eigenvalue weighted by Crippen LogP contribution is 2.21. The molecular formula is C19H20N2O6. The van der Waals surface area contributed by atoms with Gasteiger partial charge in [-0.1, -0.05) is 18.2 Å². The number of rotatable bonds is 8. The van der Waals surface area contributed by atoms with Crippen LogP contribution in [0, 0.1) is 23.0 Å². The maximum Gasteiger partial charge on any atom is 0.308 e. The van der Waals surface area contributed by atoms with Crippen LogP contribution >= 0.6 is 0 Å². The zero-order valence-corrected chi connectivity index (χ0v) is 15.0. The van der Waals surface area contributed by atoms with Crippen molar-refractivity contribution in [3.05, 3.63) is 69.3 Å². The lowest BCUT2D eigenvalue weighted by Crippen LogP contribution is -2.34. The summed E-state index contributed by atoms with van der Waals surface area (Å²) in [6.07, 6.45) is 0.174. The van der Waals surface area contributed by atoms with Crippen molar-refractivity contribution >= 4 is 17.6 Å². The van der Waals surface area contributed by atoms with Crippen LogP contribution in [-0.2, 0) is 11.2 Å². The number of aryl methyl sites for hydroxylation is 1. The molecule has 2 aromatic carbocycles. The van der Waals surface area contributed by atoms with Crippen molar-refractivity contribution < 1.29 is 24.4 Å². The van der Waals surface area contributed by atoms with Crippen LogP contribution in [0.25, 0.3) is 0 Å². The molecule has 0 aliphatic carbocycles. The largest absolute Gasteiger partial charge is 0.496 e. The highest BCUT2D eigenvalue weighted by molar-refractivity contribution is 5.95. The molecule has 0 fully saturated rings.